The highest BCUT2D eigenvalue weighted by molar-refractivity contribution is 5.63. The van der Waals surface area contributed by atoms with Crippen LogP contribution < -0.4 is 5.32 Å². The van der Waals surface area contributed by atoms with Crippen LogP contribution in [0.15, 0.2) is 54.6 Å². The van der Waals surface area contributed by atoms with Crippen molar-refractivity contribution >= 4 is 0 Å². The molecule has 0 aliphatic heterocycles. The molecule has 2 N–H and O–H groups in total. The summed E-state index contributed by atoms with van der Waals surface area (Å²) in [6, 6.07) is 19.0. The number of rotatable bonds is 6. The van der Waals surface area contributed by atoms with Gasteiger partial charge >= 0.3 is 0 Å². The average Bonchev–Trinajstić information content (AvgIpc) is 2.48. The first-order valence-corrected chi connectivity index (χ1v) is 6.75. The second kappa shape index (κ2) is 7.07. The van der Waals surface area contributed by atoms with Crippen molar-refractivity contribution in [2.24, 2.45) is 5.92 Å². The van der Waals surface area contributed by atoms with Crippen molar-refractivity contribution in [1.29, 1.82) is 0 Å². The number of aliphatic hydroxyl groups excluding tert-OH is 1. The van der Waals surface area contributed by atoms with Crippen molar-refractivity contribution in [3.05, 3.63) is 60.2 Å². The van der Waals surface area contributed by atoms with E-state index in [-0.39, 0.29) is 6.61 Å². The molecule has 2 aromatic rings. The summed E-state index contributed by atoms with van der Waals surface area (Å²) in [7, 11) is 0. The number of hydrogen-bond acceptors (Lipinski definition) is 2. The molecule has 2 rings (SSSR count). The Kier molecular flexibility index (Phi) is 5.13. The third-order valence-corrected chi connectivity index (χ3v) is 3.19. The minimum absolute atomic E-state index is 0.236. The maximum atomic E-state index is 8.95. The molecule has 100 valence electrons. The Hall–Kier alpha value is -1.64. The lowest BCUT2D eigenvalue weighted by Gasteiger charge is -2.10. The van der Waals surface area contributed by atoms with Gasteiger partial charge in [0.2, 0.25) is 0 Å². The third kappa shape index (κ3) is 4.19. The van der Waals surface area contributed by atoms with Gasteiger partial charge in [0.1, 0.15) is 0 Å². The monoisotopic (exact) mass is 255 g/mol. The molecular weight excluding hydrogens is 234 g/mol. The van der Waals surface area contributed by atoms with Crippen molar-refractivity contribution in [3.63, 3.8) is 0 Å². The van der Waals surface area contributed by atoms with Crippen LogP contribution >= 0.6 is 0 Å². The van der Waals surface area contributed by atoms with Gasteiger partial charge in [0.05, 0.1) is 0 Å². The van der Waals surface area contributed by atoms with E-state index in [2.05, 4.69) is 53.8 Å². The number of benzene rings is 2. The van der Waals surface area contributed by atoms with Gasteiger partial charge in [-0.2, -0.15) is 0 Å². The van der Waals surface area contributed by atoms with Crippen LogP contribution in [0.1, 0.15) is 12.5 Å². The number of aliphatic hydroxyl groups is 1. The first-order valence-electron chi connectivity index (χ1n) is 6.75. The minimum atomic E-state index is 0.236. The fourth-order valence-corrected chi connectivity index (χ4v) is 1.97. The van der Waals surface area contributed by atoms with Crippen molar-refractivity contribution in [3.8, 4) is 11.1 Å². The first kappa shape index (κ1) is 13.8. The van der Waals surface area contributed by atoms with Crippen LogP contribution in [0.5, 0.6) is 0 Å². The van der Waals surface area contributed by atoms with Gasteiger partial charge in [-0.15, -0.1) is 0 Å². The highest BCUT2D eigenvalue weighted by Gasteiger charge is 2.00. The van der Waals surface area contributed by atoms with Crippen LogP contribution in [0.25, 0.3) is 11.1 Å². The molecule has 0 fully saturated rings. The van der Waals surface area contributed by atoms with Crippen molar-refractivity contribution < 1.29 is 5.11 Å². The lowest BCUT2D eigenvalue weighted by Crippen LogP contribution is -2.22. The molecule has 0 spiro atoms. The SMILES string of the molecule is CC(CO)CNCc1ccc(-c2ccccc2)cc1. The predicted molar refractivity (Wildman–Crippen MR) is 79.8 cm³/mol. The Bertz CT molecular complexity index is 478. The lowest BCUT2D eigenvalue weighted by molar-refractivity contribution is 0.233. The predicted octanol–water partition coefficient (Wildman–Crippen LogP) is 3.07. The van der Waals surface area contributed by atoms with E-state index in [0.717, 1.165) is 13.1 Å². The molecule has 0 heterocycles. The zero-order valence-corrected chi connectivity index (χ0v) is 11.3. The summed E-state index contributed by atoms with van der Waals surface area (Å²) in [4.78, 5) is 0. The standard InChI is InChI=1S/C17H21NO/c1-14(13-19)11-18-12-15-7-9-17(10-8-15)16-5-3-2-4-6-16/h2-10,14,18-19H,11-13H2,1H3. The summed E-state index contributed by atoms with van der Waals surface area (Å²) in [5.74, 6) is 0.309. The zero-order chi connectivity index (χ0) is 13.5. The van der Waals surface area contributed by atoms with Gasteiger partial charge in [-0.25, -0.2) is 0 Å². The maximum absolute atomic E-state index is 8.95. The number of hydrogen-bond donors (Lipinski definition) is 2. The van der Waals surface area contributed by atoms with Crippen molar-refractivity contribution in [2.45, 2.75) is 13.5 Å². The fourth-order valence-electron chi connectivity index (χ4n) is 1.97. The molecule has 1 atom stereocenters. The Morgan fingerprint density at radius 2 is 1.58 bits per heavy atom. The van der Waals surface area contributed by atoms with Crippen LogP contribution in [0.2, 0.25) is 0 Å². The molecule has 0 bridgehead atoms. The fraction of sp³-hybridized carbons (Fsp3) is 0.294. The summed E-state index contributed by atoms with van der Waals surface area (Å²) in [5.41, 5.74) is 3.76. The maximum Gasteiger partial charge on any atom is 0.0468 e. The molecule has 0 radical (unpaired) electrons. The number of nitrogens with one attached hydrogen (secondary N) is 1. The molecule has 2 heteroatoms. The van der Waals surface area contributed by atoms with E-state index in [1.165, 1.54) is 16.7 Å². The van der Waals surface area contributed by atoms with E-state index < -0.39 is 0 Å². The quantitative estimate of drug-likeness (QED) is 0.831. The molecule has 1 unspecified atom stereocenters. The molecule has 0 aliphatic carbocycles. The molecule has 2 aromatic carbocycles. The van der Waals surface area contributed by atoms with E-state index in [1.54, 1.807) is 0 Å². The van der Waals surface area contributed by atoms with Gasteiger partial charge in [0.25, 0.3) is 0 Å². The summed E-state index contributed by atoms with van der Waals surface area (Å²) in [6.45, 7) is 3.96. The van der Waals surface area contributed by atoms with Crippen molar-refractivity contribution in [2.75, 3.05) is 13.2 Å². The van der Waals surface area contributed by atoms with E-state index in [1.807, 2.05) is 13.0 Å². The van der Waals surface area contributed by atoms with E-state index in [4.69, 9.17) is 5.11 Å². The smallest absolute Gasteiger partial charge is 0.0468 e. The zero-order valence-electron chi connectivity index (χ0n) is 11.3. The Morgan fingerprint density at radius 3 is 2.21 bits per heavy atom. The molecule has 2 nitrogen and oxygen atoms in total. The molecule has 0 saturated carbocycles. The van der Waals surface area contributed by atoms with E-state index in [0.29, 0.717) is 5.92 Å². The molecular formula is C17H21NO. The van der Waals surface area contributed by atoms with Gasteiger partial charge in [-0.1, -0.05) is 61.5 Å². The summed E-state index contributed by atoms with van der Waals surface area (Å²) in [5, 5.41) is 12.3. The van der Waals surface area contributed by atoms with Gasteiger partial charge < -0.3 is 10.4 Å². The lowest BCUT2D eigenvalue weighted by atomic mass is 10.0. The Labute approximate surface area is 115 Å². The topological polar surface area (TPSA) is 32.3 Å². The van der Waals surface area contributed by atoms with Crippen LogP contribution in [0, 0.1) is 5.92 Å². The first-order chi connectivity index (χ1) is 9.29. The minimum Gasteiger partial charge on any atom is -0.396 e. The second-order valence-corrected chi connectivity index (χ2v) is 4.98. The van der Waals surface area contributed by atoms with Crippen LogP contribution in [0.3, 0.4) is 0 Å². The average molecular weight is 255 g/mol. The highest BCUT2D eigenvalue weighted by atomic mass is 16.3. The van der Waals surface area contributed by atoms with Gasteiger partial charge in [0.15, 0.2) is 0 Å². The second-order valence-electron chi connectivity index (χ2n) is 4.98. The summed E-state index contributed by atoms with van der Waals surface area (Å²) in [6.07, 6.45) is 0. The molecule has 0 aliphatic rings. The third-order valence-electron chi connectivity index (χ3n) is 3.19. The van der Waals surface area contributed by atoms with Crippen LogP contribution in [0.4, 0.5) is 0 Å². The Balaban J connectivity index is 1.92. The Morgan fingerprint density at radius 1 is 0.947 bits per heavy atom. The normalized spacial score (nSPS) is 12.3. The van der Waals surface area contributed by atoms with Crippen LogP contribution in [-0.4, -0.2) is 18.3 Å². The summed E-state index contributed by atoms with van der Waals surface area (Å²) >= 11 is 0. The van der Waals surface area contributed by atoms with E-state index in [9.17, 15) is 0 Å². The van der Waals surface area contributed by atoms with E-state index >= 15 is 0 Å². The molecule has 0 aromatic heterocycles. The largest absolute Gasteiger partial charge is 0.396 e. The molecule has 19 heavy (non-hydrogen) atoms. The molecule has 0 amide bonds. The van der Waals surface area contributed by atoms with Crippen LogP contribution in [-0.2, 0) is 6.54 Å². The van der Waals surface area contributed by atoms with Crippen molar-refractivity contribution in [1.82, 2.24) is 5.32 Å². The highest BCUT2D eigenvalue weighted by Crippen LogP contribution is 2.19. The summed E-state index contributed by atoms with van der Waals surface area (Å²) < 4.78 is 0. The van der Waals surface area contributed by atoms with Gasteiger partial charge in [-0.05, 0) is 22.6 Å². The molecule has 0 saturated heterocycles. The van der Waals surface area contributed by atoms with Gasteiger partial charge in [0, 0.05) is 19.7 Å². The van der Waals surface area contributed by atoms with Gasteiger partial charge in [-0.3, -0.25) is 0 Å².